The Balaban J connectivity index is -0.00000000800. The molecular weight excluding hydrogens is 224 g/mol. The molecule has 0 N–H and O–H groups in total. The minimum atomic E-state index is -0.375. The van der Waals surface area contributed by atoms with E-state index in [1.54, 1.807) is 0 Å². The summed E-state index contributed by atoms with van der Waals surface area (Å²) >= 11 is 0. The highest BCUT2D eigenvalue weighted by molar-refractivity contribution is 5.86. The summed E-state index contributed by atoms with van der Waals surface area (Å²) in [7, 11) is 0. The van der Waals surface area contributed by atoms with E-state index in [-0.39, 0.29) is 68.5 Å². The number of halogens is 4. The number of nitrogens with zero attached hydrogens (tertiary/aromatic N) is 1. The Morgan fingerprint density at radius 3 is 1.30 bits per heavy atom. The van der Waals surface area contributed by atoms with Crippen molar-refractivity contribution in [3.63, 3.8) is 0 Å². The summed E-state index contributed by atoms with van der Waals surface area (Å²) in [5.41, 5.74) is 0. The van der Waals surface area contributed by atoms with Crippen LogP contribution >= 0.6 is 49.6 Å². The lowest BCUT2D eigenvalue weighted by Crippen LogP contribution is -1.92. The van der Waals surface area contributed by atoms with Gasteiger partial charge in [0, 0.05) is 19.3 Å². The molecule has 0 aliphatic rings. The highest BCUT2D eigenvalue weighted by Crippen LogP contribution is 1.57. The molecule has 3 nitrogen and oxygen atoms in total. The maximum atomic E-state index is 9.17. The number of hydrogen-bond acceptors (Lipinski definition) is 2. The van der Waals surface area contributed by atoms with E-state index in [0.717, 1.165) is 0 Å². The van der Waals surface area contributed by atoms with Crippen molar-refractivity contribution in [1.29, 1.82) is 0 Å². The Morgan fingerprint density at radius 1 is 1.20 bits per heavy atom. The second-order valence-corrected chi connectivity index (χ2v) is 0.649. The zero-order valence-corrected chi connectivity index (χ0v) is 8.37. The Morgan fingerprint density at radius 2 is 1.30 bits per heavy atom. The molecule has 0 atom stereocenters. The van der Waals surface area contributed by atoms with Gasteiger partial charge in [0.2, 0.25) is 6.54 Å². The lowest BCUT2D eigenvalue weighted by atomic mass is 10.8. The minimum Gasteiger partial charge on any atom is -0.265 e. The molecule has 10 heavy (non-hydrogen) atoms. The van der Waals surface area contributed by atoms with Gasteiger partial charge in [-0.3, -0.25) is 10.1 Å². The van der Waals surface area contributed by atoms with Crippen LogP contribution in [0.1, 0.15) is 6.92 Å². The SMILES string of the molecule is CC[N+](=O)[O-].Cl.Cl.Cl.Cl.[C]. The molecule has 7 heteroatoms. The molecule has 0 aliphatic heterocycles. The van der Waals surface area contributed by atoms with Gasteiger partial charge in [-0.25, -0.2) is 0 Å². The molecular formula is C3H9Cl4NO2. The van der Waals surface area contributed by atoms with Crippen LogP contribution in [0.15, 0.2) is 0 Å². The first-order valence-corrected chi connectivity index (χ1v) is 1.39. The van der Waals surface area contributed by atoms with Crippen LogP contribution < -0.4 is 0 Å². The second kappa shape index (κ2) is 33.7. The summed E-state index contributed by atoms with van der Waals surface area (Å²) in [6, 6.07) is 0. The summed E-state index contributed by atoms with van der Waals surface area (Å²) in [5.74, 6) is 0. The second-order valence-electron chi connectivity index (χ2n) is 0.649. The van der Waals surface area contributed by atoms with E-state index in [1.807, 2.05) is 0 Å². The molecule has 0 rings (SSSR count). The highest BCUT2D eigenvalue weighted by atomic mass is 35.5. The van der Waals surface area contributed by atoms with Crippen molar-refractivity contribution in [2.45, 2.75) is 6.92 Å². The molecule has 0 amide bonds. The van der Waals surface area contributed by atoms with Gasteiger partial charge in [0.1, 0.15) is 0 Å². The topological polar surface area (TPSA) is 43.1 Å². The molecule has 0 fully saturated rings. The van der Waals surface area contributed by atoms with Gasteiger partial charge in [0.15, 0.2) is 0 Å². The van der Waals surface area contributed by atoms with Gasteiger partial charge in [-0.05, 0) is 0 Å². The normalized spacial score (nSPS) is 3.70. The number of hydrogen-bond donors (Lipinski definition) is 0. The van der Waals surface area contributed by atoms with Crippen molar-refractivity contribution in [1.82, 2.24) is 0 Å². The summed E-state index contributed by atoms with van der Waals surface area (Å²) < 4.78 is 0. The van der Waals surface area contributed by atoms with Crippen LogP contribution in [0.4, 0.5) is 0 Å². The van der Waals surface area contributed by atoms with E-state index >= 15 is 0 Å². The highest BCUT2D eigenvalue weighted by Gasteiger charge is 1.76. The molecule has 0 saturated heterocycles. The van der Waals surface area contributed by atoms with E-state index in [0.29, 0.717) is 0 Å². The van der Waals surface area contributed by atoms with Gasteiger partial charge >= 0.3 is 0 Å². The van der Waals surface area contributed by atoms with Crippen molar-refractivity contribution in [3.8, 4) is 0 Å². The Labute approximate surface area is 85.7 Å². The zero-order chi connectivity index (χ0) is 4.28. The minimum absolute atomic E-state index is 0. The third-order valence-corrected chi connectivity index (χ3v) is 0.258. The maximum absolute atomic E-state index is 9.17. The molecule has 66 valence electrons. The first-order valence-electron chi connectivity index (χ1n) is 1.39. The van der Waals surface area contributed by atoms with E-state index in [1.165, 1.54) is 6.92 Å². The quantitative estimate of drug-likeness (QED) is 0.513. The zero-order valence-electron chi connectivity index (χ0n) is 5.10. The van der Waals surface area contributed by atoms with E-state index < -0.39 is 0 Å². The molecule has 0 saturated carbocycles. The third-order valence-electron chi connectivity index (χ3n) is 0.258. The summed E-state index contributed by atoms with van der Waals surface area (Å²) in [4.78, 5) is 8.80. The lowest BCUT2D eigenvalue weighted by Gasteiger charge is -1.73. The standard InChI is InChI=1S/C2H5NO2.C.4ClH/c1-2-3(4)5;;;;;/h2H2,1H3;;4*1H. The van der Waals surface area contributed by atoms with Crippen LogP contribution in [0.5, 0.6) is 0 Å². The van der Waals surface area contributed by atoms with Crippen molar-refractivity contribution >= 4 is 49.6 Å². The number of rotatable bonds is 1. The molecule has 0 aromatic carbocycles. The average molecular weight is 233 g/mol. The summed E-state index contributed by atoms with van der Waals surface area (Å²) in [6.45, 7) is 1.53. The molecule has 0 unspecified atom stereocenters. The molecule has 4 radical (unpaired) electrons. The van der Waals surface area contributed by atoms with Gasteiger partial charge in [0.05, 0.1) is 0 Å². The Hall–Kier alpha value is 0.560. The van der Waals surface area contributed by atoms with Crippen molar-refractivity contribution < 1.29 is 4.92 Å². The van der Waals surface area contributed by atoms with Crippen molar-refractivity contribution in [3.05, 3.63) is 17.5 Å². The van der Waals surface area contributed by atoms with Gasteiger partial charge in [-0.15, -0.1) is 49.6 Å². The fraction of sp³-hybridized carbons (Fsp3) is 0.667. The van der Waals surface area contributed by atoms with Crippen LogP contribution in [0.2, 0.25) is 0 Å². The molecule has 0 aliphatic carbocycles. The smallest absolute Gasteiger partial charge is 0.201 e. The first-order chi connectivity index (χ1) is 2.27. The monoisotopic (exact) mass is 231 g/mol. The lowest BCUT2D eigenvalue weighted by molar-refractivity contribution is -0.475. The first kappa shape index (κ1) is 46.4. The summed E-state index contributed by atoms with van der Waals surface area (Å²) in [5, 5.41) is 9.17. The Bertz CT molecular complexity index is 53.8. The van der Waals surface area contributed by atoms with Crippen LogP contribution in [-0.2, 0) is 0 Å². The van der Waals surface area contributed by atoms with Crippen LogP contribution in [0.25, 0.3) is 0 Å². The molecule has 0 bridgehead atoms. The predicted octanol–water partition coefficient (Wildman–Crippen LogP) is 2.05. The van der Waals surface area contributed by atoms with Crippen molar-refractivity contribution in [2.24, 2.45) is 0 Å². The molecule has 0 heterocycles. The van der Waals surface area contributed by atoms with E-state index in [2.05, 4.69) is 0 Å². The van der Waals surface area contributed by atoms with E-state index in [4.69, 9.17) is 0 Å². The molecule has 0 aromatic heterocycles. The average Bonchev–Trinajstić information content (AvgIpc) is 1.38. The van der Waals surface area contributed by atoms with Gasteiger partial charge < -0.3 is 0 Å². The fourth-order valence-corrected chi connectivity index (χ4v) is 0. The van der Waals surface area contributed by atoms with Crippen molar-refractivity contribution in [2.75, 3.05) is 6.54 Å². The summed E-state index contributed by atoms with van der Waals surface area (Å²) in [6.07, 6.45) is 0. The van der Waals surface area contributed by atoms with Gasteiger partial charge in [0.25, 0.3) is 0 Å². The van der Waals surface area contributed by atoms with E-state index in [9.17, 15) is 10.1 Å². The predicted molar refractivity (Wildman–Crippen MR) is 49.8 cm³/mol. The van der Waals surface area contributed by atoms with Gasteiger partial charge in [-0.2, -0.15) is 0 Å². The third kappa shape index (κ3) is 74.7. The molecule has 0 spiro atoms. The fourth-order valence-electron chi connectivity index (χ4n) is 0. The molecule has 0 aromatic rings. The largest absolute Gasteiger partial charge is 0.265 e. The maximum Gasteiger partial charge on any atom is 0.201 e. The van der Waals surface area contributed by atoms with Crippen LogP contribution in [-0.4, -0.2) is 11.5 Å². The number of nitro groups is 1. The van der Waals surface area contributed by atoms with Gasteiger partial charge in [-0.1, -0.05) is 0 Å². The van der Waals surface area contributed by atoms with Crippen LogP contribution in [0.3, 0.4) is 0 Å². The Kier molecular flexibility index (Phi) is 156. The van der Waals surface area contributed by atoms with Crippen LogP contribution in [0, 0.1) is 17.5 Å².